The number of rotatable bonds is 5. The van der Waals surface area contributed by atoms with Crippen LogP contribution in [0.3, 0.4) is 0 Å². The largest absolute Gasteiger partial charge is 0.467 e. The van der Waals surface area contributed by atoms with Gasteiger partial charge in [-0.2, -0.15) is 0 Å². The Hall–Kier alpha value is -2.30. The second-order valence-corrected chi connectivity index (χ2v) is 5.57. The van der Waals surface area contributed by atoms with E-state index in [1.54, 1.807) is 13.8 Å². The molecule has 5 heteroatoms. The number of carbonyl (C=O) groups is 2. The molecule has 118 valence electrons. The van der Waals surface area contributed by atoms with Gasteiger partial charge < -0.3 is 14.5 Å². The van der Waals surface area contributed by atoms with Gasteiger partial charge in [-0.05, 0) is 32.4 Å². The van der Waals surface area contributed by atoms with E-state index in [0.717, 1.165) is 11.0 Å². The lowest BCUT2D eigenvalue weighted by Gasteiger charge is -2.27. The van der Waals surface area contributed by atoms with Crippen molar-refractivity contribution in [3.05, 3.63) is 36.1 Å². The van der Waals surface area contributed by atoms with Crippen LogP contribution in [0, 0.1) is 0 Å². The Labute approximate surface area is 129 Å². The van der Waals surface area contributed by atoms with Crippen LogP contribution in [0.1, 0.15) is 38.9 Å². The molecule has 5 nitrogen and oxygen atoms in total. The Morgan fingerprint density at radius 3 is 2.64 bits per heavy atom. The predicted octanol–water partition coefficient (Wildman–Crippen LogP) is 2.99. The van der Waals surface area contributed by atoms with Crippen molar-refractivity contribution in [1.29, 1.82) is 0 Å². The van der Waals surface area contributed by atoms with Crippen LogP contribution < -0.4 is 5.32 Å². The SMILES string of the molecule is CC[C@@](C)(NC(=O)[C@H](C)c1cc2ccccc2o1)C(=O)OC. The van der Waals surface area contributed by atoms with Gasteiger partial charge in [0.2, 0.25) is 5.91 Å². The number of benzene rings is 1. The van der Waals surface area contributed by atoms with E-state index >= 15 is 0 Å². The third-order valence-corrected chi connectivity index (χ3v) is 4.01. The fraction of sp³-hybridized carbons (Fsp3) is 0.412. The molecule has 0 aliphatic carbocycles. The van der Waals surface area contributed by atoms with E-state index in [0.29, 0.717) is 12.2 Å². The van der Waals surface area contributed by atoms with Gasteiger partial charge in [0.05, 0.1) is 13.0 Å². The van der Waals surface area contributed by atoms with Crippen molar-refractivity contribution in [3.63, 3.8) is 0 Å². The van der Waals surface area contributed by atoms with Gasteiger partial charge in [-0.3, -0.25) is 4.79 Å². The highest BCUT2D eigenvalue weighted by Gasteiger charge is 2.36. The summed E-state index contributed by atoms with van der Waals surface area (Å²) in [6.45, 7) is 5.23. The summed E-state index contributed by atoms with van der Waals surface area (Å²) in [6, 6.07) is 9.43. The molecule has 0 saturated carbocycles. The predicted molar refractivity (Wildman–Crippen MR) is 83.5 cm³/mol. The molecule has 0 spiro atoms. The smallest absolute Gasteiger partial charge is 0.331 e. The van der Waals surface area contributed by atoms with E-state index in [2.05, 4.69) is 5.32 Å². The number of amides is 1. The maximum atomic E-state index is 12.4. The molecule has 2 rings (SSSR count). The van der Waals surface area contributed by atoms with Crippen molar-refractivity contribution in [2.75, 3.05) is 7.11 Å². The maximum Gasteiger partial charge on any atom is 0.331 e. The summed E-state index contributed by atoms with van der Waals surface area (Å²) in [5, 5.41) is 3.71. The molecule has 0 saturated heterocycles. The number of nitrogens with one attached hydrogen (secondary N) is 1. The minimum Gasteiger partial charge on any atom is -0.467 e. The molecule has 0 aliphatic heterocycles. The molecule has 1 amide bonds. The van der Waals surface area contributed by atoms with Crippen molar-refractivity contribution >= 4 is 22.8 Å². The molecule has 1 N–H and O–H groups in total. The van der Waals surface area contributed by atoms with Gasteiger partial charge in [-0.1, -0.05) is 25.1 Å². The third kappa shape index (κ3) is 2.98. The van der Waals surface area contributed by atoms with Gasteiger partial charge in [-0.15, -0.1) is 0 Å². The zero-order chi connectivity index (χ0) is 16.3. The second-order valence-electron chi connectivity index (χ2n) is 5.57. The Morgan fingerprint density at radius 1 is 1.36 bits per heavy atom. The molecule has 1 aromatic carbocycles. The summed E-state index contributed by atoms with van der Waals surface area (Å²) in [5.41, 5.74) is -0.296. The van der Waals surface area contributed by atoms with E-state index in [9.17, 15) is 9.59 Å². The Kier molecular flexibility index (Phi) is 4.54. The number of hydrogen-bond acceptors (Lipinski definition) is 4. The van der Waals surface area contributed by atoms with Gasteiger partial charge in [-0.25, -0.2) is 4.79 Å². The topological polar surface area (TPSA) is 68.5 Å². The summed E-state index contributed by atoms with van der Waals surface area (Å²) in [6.07, 6.45) is 0.443. The van der Waals surface area contributed by atoms with Crippen molar-refractivity contribution in [3.8, 4) is 0 Å². The standard InChI is InChI=1S/C17H21NO4/c1-5-17(3,16(20)21-4)18-15(19)11(2)14-10-12-8-6-7-9-13(12)22-14/h6-11H,5H2,1-4H3,(H,18,19)/t11-,17-/m1/s1. The van der Waals surface area contributed by atoms with Crippen LogP contribution in [-0.4, -0.2) is 24.5 Å². The Bertz CT molecular complexity index is 658. The molecule has 2 aromatic rings. The molecule has 0 radical (unpaired) electrons. The van der Waals surface area contributed by atoms with Crippen LogP contribution in [0.5, 0.6) is 0 Å². The number of carbonyl (C=O) groups excluding carboxylic acids is 2. The minimum atomic E-state index is -1.04. The van der Waals surface area contributed by atoms with Gasteiger partial charge in [0.15, 0.2) is 0 Å². The van der Waals surface area contributed by atoms with E-state index in [-0.39, 0.29) is 5.91 Å². The number of esters is 1. The van der Waals surface area contributed by atoms with Gasteiger partial charge in [0.1, 0.15) is 16.9 Å². The van der Waals surface area contributed by atoms with Crippen LogP contribution in [0.4, 0.5) is 0 Å². The van der Waals surface area contributed by atoms with E-state index in [4.69, 9.17) is 9.15 Å². The summed E-state index contributed by atoms with van der Waals surface area (Å²) in [7, 11) is 1.31. The van der Waals surface area contributed by atoms with Crippen LogP contribution in [0.15, 0.2) is 34.7 Å². The number of methoxy groups -OCH3 is 1. The minimum absolute atomic E-state index is 0.270. The van der Waals surface area contributed by atoms with Gasteiger partial charge in [0.25, 0.3) is 0 Å². The average molecular weight is 303 g/mol. The molecule has 2 atom stereocenters. The zero-order valence-electron chi connectivity index (χ0n) is 13.3. The van der Waals surface area contributed by atoms with E-state index < -0.39 is 17.4 Å². The van der Waals surface area contributed by atoms with Crippen LogP contribution in [0.25, 0.3) is 11.0 Å². The number of fused-ring (bicyclic) bond motifs is 1. The fourth-order valence-electron chi connectivity index (χ4n) is 2.23. The van der Waals surface area contributed by atoms with Crippen LogP contribution in [0.2, 0.25) is 0 Å². The first-order chi connectivity index (χ1) is 10.4. The Balaban J connectivity index is 2.19. The number of para-hydroxylation sites is 1. The lowest BCUT2D eigenvalue weighted by atomic mass is 9.97. The lowest BCUT2D eigenvalue weighted by molar-refractivity contribution is -0.150. The molecule has 1 aromatic heterocycles. The third-order valence-electron chi connectivity index (χ3n) is 4.01. The summed E-state index contributed by atoms with van der Waals surface area (Å²) < 4.78 is 10.5. The maximum absolute atomic E-state index is 12.4. The molecule has 0 aliphatic rings. The highest BCUT2D eigenvalue weighted by atomic mass is 16.5. The van der Waals surface area contributed by atoms with Crippen molar-refractivity contribution in [1.82, 2.24) is 5.32 Å². The summed E-state index contributed by atoms with van der Waals surface area (Å²) in [5.74, 6) is -0.654. The summed E-state index contributed by atoms with van der Waals surface area (Å²) >= 11 is 0. The first kappa shape index (κ1) is 16.1. The monoisotopic (exact) mass is 303 g/mol. The molecule has 1 heterocycles. The number of hydrogen-bond donors (Lipinski definition) is 1. The molecular weight excluding hydrogens is 282 g/mol. The zero-order valence-corrected chi connectivity index (χ0v) is 13.3. The fourth-order valence-corrected chi connectivity index (χ4v) is 2.23. The lowest BCUT2D eigenvalue weighted by Crippen LogP contribution is -2.53. The van der Waals surface area contributed by atoms with Gasteiger partial charge in [0, 0.05) is 5.39 Å². The van der Waals surface area contributed by atoms with Crippen molar-refractivity contribution in [2.24, 2.45) is 0 Å². The molecule has 0 bridgehead atoms. The number of ether oxygens (including phenoxy) is 1. The highest BCUT2D eigenvalue weighted by Crippen LogP contribution is 2.26. The van der Waals surface area contributed by atoms with Crippen molar-refractivity contribution < 1.29 is 18.7 Å². The first-order valence-electron chi connectivity index (χ1n) is 7.30. The average Bonchev–Trinajstić information content (AvgIpc) is 2.96. The van der Waals surface area contributed by atoms with Crippen LogP contribution in [-0.2, 0) is 14.3 Å². The molecule has 22 heavy (non-hydrogen) atoms. The molecule has 0 unspecified atom stereocenters. The normalized spacial score (nSPS) is 15.1. The van der Waals surface area contributed by atoms with Crippen LogP contribution >= 0.6 is 0 Å². The first-order valence-corrected chi connectivity index (χ1v) is 7.30. The second kappa shape index (κ2) is 6.22. The number of furan rings is 1. The highest BCUT2D eigenvalue weighted by molar-refractivity contribution is 5.91. The van der Waals surface area contributed by atoms with Gasteiger partial charge >= 0.3 is 5.97 Å². The van der Waals surface area contributed by atoms with E-state index in [1.807, 2.05) is 37.3 Å². The Morgan fingerprint density at radius 2 is 2.05 bits per heavy atom. The quantitative estimate of drug-likeness (QED) is 0.862. The molecule has 0 fully saturated rings. The molecular formula is C17H21NO4. The van der Waals surface area contributed by atoms with Crippen molar-refractivity contribution in [2.45, 2.75) is 38.6 Å². The van der Waals surface area contributed by atoms with E-state index in [1.165, 1.54) is 7.11 Å². The summed E-state index contributed by atoms with van der Waals surface area (Å²) in [4.78, 5) is 24.3.